The second kappa shape index (κ2) is 7.56. The average molecular weight is 400 g/mol. The van der Waals surface area contributed by atoms with Crippen molar-refractivity contribution >= 4 is 27.3 Å². The zero-order valence-electron chi connectivity index (χ0n) is 15.8. The predicted octanol–water partition coefficient (Wildman–Crippen LogP) is 3.17. The lowest BCUT2D eigenvalue weighted by Gasteiger charge is -2.08. The Bertz CT molecular complexity index is 951. The highest BCUT2D eigenvalue weighted by molar-refractivity contribution is 7.92. The van der Waals surface area contributed by atoms with Crippen LogP contribution < -0.4 is 15.4 Å². The van der Waals surface area contributed by atoms with Gasteiger partial charge in [0.25, 0.3) is 5.91 Å². The molecule has 2 unspecified atom stereocenters. The summed E-state index contributed by atoms with van der Waals surface area (Å²) in [5, 5.41) is 6.47. The van der Waals surface area contributed by atoms with Crippen LogP contribution in [0, 0.1) is 5.92 Å². The molecule has 0 radical (unpaired) electrons. The molecule has 2 fully saturated rings. The smallest absolute Gasteiger partial charge is 0.255 e. The first-order valence-electron chi connectivity index (χ1n) is 9.60. The van der Waals surface area contributed by atoms with Crippen LogP contribution in [0.15, 0.2) is 48.5 Å². The number of hydrogen-bond donors (Lipinski definition) is 3. The van der Waals surface area contributed by atoms with Gasteiger partial charge < -0.3 is 10.6 Å². The standard InChI is InChI=1S/C21H25N3O3S/c1-28(26,27)24-18-10-8-17(9-11-18)23-21(25)16-6-4-15(5-7-16)19-12-20(19)22-13-14-2-3-14/h4-11,14,19-20,22,24H,2-3,12-13H2,1H3,(H,23,25). The third-order valence-electron chi connectivity index (χ3n) is 5.20. The van der Waals surface area contributed by atoms with E-state index in [-0.39, 0.29) is 5.91 Å². The van der Waals surface area contributed by atoms with Crippen LogP contribution in [-0.2, 0) is 10.0 Å². The maximum atomic E-state index is 12.4. The molecule has 0 bridgehead atoms. The highest BCUT2D eigenvalue weighted by Crippen LogP contribution is 2.41. The van der Waals surface area contributed by atoms with Gasteiger partial charge in [0.2, 0.25) is 10.0 Å². The Hall–Kier alpha value is -2.38. The van der Waals surface area contributed by atoms with Crippen molar-refractivity contribution in [1.82, 2.24) is 5.32 Å². The summed E-state index contributed by atoms with van der Waals surface area (Å²) in [5.41, 5.74) is 2.95. The first-order chi connectivity index (χ1) is 13.4. The molecule has 2 aliphatic rings. The first kappa shape index (κ1) is 19.0. The number of amides is 1. The zero-order chi connectivity index (χ0) is 19.7. The highest BCUT2D eigenvalue weighted by atomic mass is 32.2. The second-order valence-corrected chi connectivity index (χ2v) is 9.58. The maximum Gasteiger partial charge on any atom is 0.255 e. The van der Waals surface area contributed by atoms with Gasteiger partial charge in [-0.3, -0.25) is 9.52 Å². The summed E-state index contributed by atoms with van der Waals surface area (Å²) in [6.07, 6.45) is 5.00. The van der Waals surface area contributed by atoms with Gasteiger partial charge in [-0.2, -0.15) is 0 Å². The fourth-order valence-electron chi connectivity index (χ4n) is 3.35. The largest absolute Gasteiger partial charge is 0.322 e. The van der Waals surface area contributed by atoms with Crippen molar-refractivity contribution in [2.75, 3.05) is 22.8 Å². The normalized spacial score (nSPS) is 21.2. The number of nitrogens with one attached hydrogen (secondary N) is 3. The van der Waals surface area contributed by atoms with Crippen molar-refractivity contribution in [2.24, 2.45) is 5.92 Å². The monoisotopic (exact) mass is 399 g/mol. The Morgan fingerprint density at radius 1 is 1.00 bits per heavy atom. The lowest BCUT2D eigenvalue weighted by molar-refractivity contribution is 0.102. The lowest BCUT2D eigenvalue weighted by atomic mass is 10.1. The van der Waals surface area contributed by atoms with E-state index in [0.717, 1.165) is 18.7 Å². The van der Waals surface area contributed by atoms with E-state index in [4.69, 9.17) is 0 Å². The molecule has 0 saturated heterocycles. The third kappa shape index (κ3) is 5.11. The Morgan fingerprint density at radius 3 is 2.25 bits per heavy atom. The van der Waals surface area contributed by atoms with Crippen LogP contribution >= 0.6 is 0 Å². The quantitative estimate of drug-likeness (QED) is 0.636. The molecule has 3 N–H and O–H groups in total. The van der Waals surface area contributed by atoms with E-state index in [2.05, 4.69) is 15.4 Å². The number of anilines is 2. The van der Waals surface area contributed by atoms with E-state index >= 15 is 0 Å². The maximum absolute atomic E-state index is 12.4. The van der Waals surface area contributed by atoms with Crippen molar-refractivity contribution in [3.05, 3.63) is 59.7 Å². The van der Waals surface area contributed by atoms with E-state index in [0.29, 0.717) is 28.9 Å². The molecule has 7 heteroatoms. The average Bonchev–Trinajstić information content (AvgIpc) is 3.55. The first-order valence-corrected chi connectivity index (χ1v) is 11.5. The number of hydrogen-bond acceptors (Lipinski definition) is 4. The minimum atomic E-state index is -3.31. The lowest BCUT2D eigenvalue weighted by Crippen LogP contribution is -2.20. The molecule has 6 nitrogen and oxygen atoms in total. The second-order valence-electron chi connectivity index (χ2n) is 7.83. The van der Waals surface area contributed by atoms with E-state index < -0.39 is 10.0 Å². The molecule has 4 rings (SSSR count). The van der Waals surface area contributed by atoms with Gasteiger partial charge in [-0.25, -0.2) is 8.42 Å². The van der Waals surface area contributed by atoms with Crippen LogP contribution in [0.25, 0.3) is 0 Å². The Balaban J connectivity index is 1.31. The number of carbonyl (C=O) groups is 1. The molecular weight excluding hydrogens is 374 g/mol. The summed E-state index contributed by atoms with van der Waals surface area (Å²) in [6.45, 7) is 1.14. The number of benzene rings is 2. The molecule has 2 aromatic rings. The van der Waals surface area contributed by atoms with Crippen LogP contribution in [0.4, 0.5) is 11.4 Å². The molecule has 2 aromatic carbocycles. The van der Waals surface area contributed by atoms with Crippen molar-refractivity contribution < 1.29 is 13.2 Å². The summed E-state index contributed by atoms with van der Waals surface area (Å²) in [5.74, 6) is 1.27. The van der Waals surface area contributed by atoms with Crippen molar-refractivity contribution in [3.63, 3.8) is 0 Å². The van der Waals surface area contributed by atoms with Gasteiger partial charge in [0.05, 0.1) is 6.26 Å². The summed E-state index contributed by atoms with van der Waals surface area (Å²) >= 11 is 0. The molecule has 0 aliphatic heterocycles. The van der Waals surface area contributed by atoms with Crippen molar-refractivity contribution in [1.29, 1.82) is 0 Å². The molecule has 0 aromatic heterocycles. The van der Waals surface area contributed by atoms with Gasteiger partial charge in [-0.15, -0.1) is 0 Å². The minimum Gasteiger partial charge on any atom is -0.322 e. The van der Waals surface area contributed by atoms with Gasteiger partial charge in [0.1, 0.15) is 0 Å². The molecule has 2 atom stereocenters. The summed E-state index contributed by atoms with van der Waals surface area (Å²) in [7, 11) is -3.31. The Morgan fingerprint density at radius 2 is 1.64 bits per heavy atom. The van der Waals surface area contributed by atoms with Crippen molar-refractivity contribution in [2.45, 2.75) is 31.2 Å². The van der Waals surface area contributed by atoms with Crippen LogP contribution in [0.1, 0.15) is 41.1 Å². The third-order valence-corrected chi connectivity index (χ3v) is 5.81. The molecule has 1 amide bonds. The minimum absolute atomic E-state index is 0.186. The van der Waals surface area contributed by atoms with Crippen LogP contribution in [-0.4, -0.2) is 33.2 Å². The molecule has 28 heavy (non-hydrogen) atoms. The van der Waals surface area contributed by atoms with Crippen LogP contribution in [0.2, 0.25) is 0 Å². The van der Waals surface area contributed by atoms with Crippen LogP contribution in [0.5, 0.6) is 0 Å². The summed E-state index contributed by atoms with van der Waals surface area (Å²) in [6, 6.07) is 14.9. The van der Waals surface area contributed by atoms with E-state index in [1.807, 2.05) is 24.3 Å². The van der Waals surface area contributed by atoms with E-state index in [1.54, 1.807) is 24.3 Å². The molecule has 2 saturated carbocycles. The van der Waals surface area contributed by atoms with Gasteiger partial charge in [-0.05, 0) is 73.7 Å². The fraction of sp³-hybridized carbons (Fsp3) is 0.381. The van der Waals surface area contributed by atoms with E-state index in [9.17, 15) is 13.2 Å². The number of rotatable bonds is 8. The molecule has 0 heterocycles. The van der Waals surface area contributed by atoms with Gasteiger partial charge in [0, 0.05) is 28.9 Å². The SMILES string of the molecule is CS(=O)(=O)Nc1ccc(NC(=O)c2ccc(C3CC3NCC3CC3)cc2)cc1. The molecule has 148 valence electrons. The number of sulfonamides is 1. The molecule has 2 aliphatic carbocycles. The van der Waals surface area contributed by atoms with Gasteiger partial charge in [0.15, 0.2) is 0 Å². The van der Waals surface area contributed by atoms with Gasteiger partial charge in [-0.1, -0.05) is 12.1 Å². The highest BCUT2D eigenvalue weighted by Gasteiger charge is 2.38. The molecule has 0 spiro atoms. The van der Waals surface area contributed by atoms with Gasteiger partial charge >= 0.3 is 0 Å². The Kier molecular flexibility index (Phi) is 5.12. The fourth-order valence-corrected chi connectivity index (χ4v) is 3.91. The summed E-state index contributed by atoms with van der Waals surface area (Å²) < 4.78 is 24.9. The van der Waals surface area contributed by atoms with Crippen molar-refractivity contribution in [3.8, 4) is 0 Å². The number of carbonyl (C=O) groups excluding carboxylic acids is 1. The topological polar surface area (TPSA) is 87.3 Å². The summed E-state index contributed by atoms with van der Waals surface area (Å²) in [4.78, 5) is 12.4. The van der Waals surface area contributed by atoms with Crippen LogP contribution in [0.3, 0.4) is 0 Å². The molecular formula is C21H25N3O3S. The Labute approximate surface area is 165 Å². The zero-order valence-corrected chi connectivity index (χ0v) is 16.6. The predicted molar refractivity (Wildman–Crippen MR) is 111 cm³/mol. The van der Waals surface area contributed by atoms with E-state index in [1.165, 1.54) is 24.8 Å².